The lowest BCUT2D eigenvalue weighted by Crippen LogP contribution is -2.14. The first-order chi connectivity index (χ1) is 12.5. The van der Waals surface area contributed by atoms with Crippen LogP contribution in [-0.2, 0) is 14.8 Å². The van der Waals surface area contributed by atoms with Gasteiger partial charge in [-0.3, -0.25) is 4.72 Å². The lowest BCUT2D eigenvalue weighted by Gasteiger charge is -2.14. The van der Waals surface area contributed by atoms with Crippen LogP contribution in [0.4, 0.5) is 5.69 Å². The van der Waals surface area contributed by atoms with Crippen LogP contribution in [0.5, 0.6) is 5.75 Å². The van der Waals surface area contributed by atoms with Gasteiger partial charge in [0.25, 0.3) is 10.0 Å². The summed E-state index contributed by atoms with van der Waals surface area (Å²) >= 11 is 0. The molecule has 0 amide bonds. The van der Waals surface area contributed by atoms with Gasteiger partial charge in [0.05, 0.1) is 23.7 Å². The van der Waals surface area contributed by atoms with E-state index in [1.165, 1.54) is 38.2 Å². The molecule has 0 unspecified atom stereocenters. The first-order valence-corrected chi connectivity index (χ1v) is 9.94. The smallest absolute Gasteiger partial charge is 0.337 e. The third-order valence-corrected chi connectivity index (χ3v) is 5.67. The summed E-state index contributed by atoms with van der Waals surface area (Å²) in [5.41, 5.74) is 0.562. The topological polar surface area (TPSA) is 81.7 Å². The Morgan fingerprint density at radius 3 is 2.42 bits per heavy atom. The first kappa shape index (κ1) is 18.3. The van der Waals surface area contributed by atoms with E-state index in [2.05, 4.69) is 9.46 Å². The Balaban J connectivity index is 1.72. The van der Waals surface area contributed by atoms with Gasteiger partial charge < -0.3 is 9.47 Å². The van der Waals surface area contributed by atoms with E-state index in [-0.39, 0.29) is 16.6 Å². The molecule has 0 heterocycles. The monoisotopic (exact) mass is 375 g/mol. The second kappa shape index (κ2) is 7.78. The maximum absolute atomic E-state index is 12.5. The Hall–Kier alpha value is -2.54. The maximum atomic E-state index is 12.5. The number of esters is 1. The largest absolute Gasteiger partial charge is 0.490 e. The second-order valence-electron chi connectivity index (χ2n) is 6.17. The van der Waals surface area contributed by atoms with Crippen molar-refractivity contribution in [2.24, 2.45) is 0 Å². The third kappa shape index (κ3) is 4.35. The standard InChI is InChI=1S/C19H21NO5S/c1-24-19(21)14-5-4-6-15(13-14)20-26(22,23)18-11-9-17(10-12-18)25-16-7-2-3-8-16/h4-6,9-13,16,20H,2-3,7-8H2,1H3. The first-order valence-electron chi connectivity index (χ1n) is 8.46. The molecule has 2 aromatic carbocycles. The molecule has 2 aromatic rings. The zero-order chi connectivity index (χ0) is 18.6. The van der Waals surface area contributed by atoms with E-state index in [1.54, 1.807) is 30.3 Å². The predicted molar refractivity (Wildman–Crippen MR) is 97.9 cm³/mol. The fraction of sp³-hybridized carbons (Fsp3) is 0.316. The van der Waals surface area contributed by atoms with E-state index in [1.807, 2.05) is 0 Å². The molecule has 1 fully saturated rings. The Labute approximate surface area is 153 Å². The number of methoxy groups -OCH3 is 1. The molecule has 3 rings (SSSR count). The van der Waals surface area contributed by atoms with E-state index in [4.69, 9.17) is 4.74 Å². The van der Waals surface area contributed by atoms with Crippen LogP contribution in [0.1, 0.15) is 36.0 Å². The summed E-state index contributed by atoms with van der Waals surface area (Å²) < 4.78 is 38.0. The number of rotatable bonds is 6. The number of hydrogen-bond donors (Lipinski definition) is 1. The molecule has 26 heavy (non-hydrogen) atoms. The van der Waals surface area contributed by atoms with Crippen LogP contribution in [0.15, 0.2) is 53.4 Å². The van der Waals surface area contributed by atoms with Gasteiger partial charge in [-0.2, -0.15) is 0 Å². The Bertz CT molecular complexity index is 871. The van der Waals surface area contributed by atoms with Crippen LogP contribution >= 0.6 is 0 Å². The van der Waals surface area contributed by atoms with Crippen molar-refractivity contribution in [1.29, 1.82) is 0 Å². The zero-order valence-corrected chi connectivity index (χ0v) is 15.3. The number of carbonyl (C=O) groups excluding carboxylic acids is 1. The van der Waals surface area contributed by atoms with Crippen LogP contribution in [0.25, 0.3) is 0 Å². The summed E-state index contributed by atoms with van der Waals surface area (Å²) in [7, 11) is -2.49. The van der Waals surface area contributed by atoms with Crippen molar-refractivity contribution in [2.75, 3.05) is 11.8 Å². The number of carbonyl (C=O) groups is 1. The number of ether oxygens (including phenoxy) is 2. The van der Waals surface area contributed by atoms with Crippen molar-refractivity contribution >= 4 is 21.7 Å². The predicted octanol–water partition coefficient (Wildman–Crippen LogP) is 3.60. The summed E-state index contributed by atoms with van der Waals surface area (Å²) in [5.74, 6) is 0.142. The Morgan fingerprint density at radius 1 is 1.08 bits per heavy atom. The average Bonchev–Trinajstić information content (AvgIpc) is 3.14. The molecule has 1 aliphatic rings. The van der Waals surface area contributed by atoms with Gasteiger partial charge in [-0.25, -0.2) is 13.2 Å². The van der Waals surface area contributed by atoms with Crippen LogP contribution in [-0.4, -0.2) is 27.6 Å². The fourth-order valence-electron chi connectivity index (χ4n) is 2.94. The Morgan fingerprint density at radius 2 is 1.77 bits per heavy atom. The van der Waals surface area contributed by atoms with Crippen LogP contribution < -0.4 is 9.46 Å². The van der Waals surface area contributed by atoms with E-state index in [0.717, 1.165) is 12.8 Å². The summed E-state index contributed by atoms with van der Waals surface area (Å²) in [6, 6.07) is 12.5. The lowest BCUT2D eigenvalue weighted by atomic mass is 10.2. The summed E-state index contributed by atoms with van der Waals surface area (Å²) in [4.78, 5) is 11.7. The molecule has 0 aliphatic heterocycles. The van der Waals surface area contributed by atoms with Gasteiger partial charge in [0, 0.05) is 5.69 Å². The normalized spacial score (nSPS) is 14.8. The SMILES string of the molecule is COC(=O)c1cccc(NS(=O)(=O)c2ccc(OC3CCCC3)cc2)c1. The molecule has 1 saturated carbocycles. The highest BCUT2D eigenvalue weighted by molar-refractivity contribution is 7.92. The van der Waals surface area contributed by atoms with Crippen molar-refractivity contribution in [2.45, 2.75) is 36.7 Å². The summed E-state index contributed by atoms with van der Waals surface area (Å²) in [6.07, 6.45) is 4.64. The molecule has 0 spiro atoms. The summed E-state index contributed by atoms with van der Waals surface area (Å²) in [6.45, 7) is 0. The second-order valence-corrected chi connectivity index (χ2v) is 7.86. The zero-order valence-electron chi connectivity index (χ0n) is 14.5. The van der Waals surface area contributed by atoms with E-state index in [0.29, 0.717) is 11.4 Å². The van der Waals surface area contributed by atoms with Gasteiger partial charge in [0.15, 0.2) is 0 Å². The third-order valence-electron chi connectivity index (χ3n) is 4.27. The molecule has 0 bridgehead atoms. The molecule has 0 saturated heterocycles. The van der Waals surface area contributed by atoms with Gasteiger partial charge >= 0.3 is 5.97 Å². The molecule has 1 N–H and O–H groups in total. The van der Waals surface area contributed by atoms with E-state index >= 15 is 0 Å². The van der Waals surface area contributed by atoms with Gasteiger partial charge in [-0.1, -0.05) is 6.07 Å². The Kier molecular flexibility index (Phi) is 5.46. The number of benzene rings is 2. The van der Waals surface area contributed by atoms with Crippen molar-refractivity contribution in [3.8, 4) is 5.75 Å². The van der Waals surface area contributed by atoms with Gasteiger partial charge in [-0.15, -0.1) is 0 Å². The lowest BCUT2D eigenvalue weighted by molar-refractivity contribution is 0.0600. The number of nitrogens with one attached hydrogen (secondary N) is 1. The summed E-state index contributed by atoms with van der Waals surface area (Å²) in [5, 5.41) is 0. The van der Waals surface area contributed by atoms with Gasteiger partial charge in [0.1, 0.15) is 5.75 Å². The van der Waals surface area contributed by atoms with Crippen LogP contribution in [0.3, 0.4) is 0 Å². The molecule has 6 nitrogen and oxygen atoms in total. The van der Waals surface area contributed by atoms with Crippen LogP contribution in [0, 0.1) is 0 Å². The molecule has 0 aromatic heterocycles. The van der Waals surface area contributed by atoms with Gasteiger partial charge in [-0.05, 0) is 68.1 Å². The quantitative estimate of drug-likeness (QED) is 0.780. The minimum absolute atomic E-state index is 0.125. The molecular formula is C19H21NO5S. The number of anilines is 1. The van der Waals surface area contributed by atoms with Crippen molar-refractivity contribution in [3.05, 3.63) is 54.1 Å². The van der Waals surface area contributed by atoms with Crippen molar-refractivity contribution in [3.63, 3.8) is 0 Å². The van der Waals surface area contributed by atoms with Gasteiger partial charge in [0.2, 0.25) is 0 Å². The van der Waals surface area contributed by atoms with Crippen molar-refractivity contribution < 1.29 is 22.7 Å². The fourth-order valence-corrected chi connectivity index (χ4v) is 3.99. The molecule has 0 radical (unpaired) electrons. The average molecular weight is 375 g/mol. The minimum Gasteiger partial charge on any atom is -0.490 e. The van der Waals surface area contributed by atoms with Crippen molar-refractivity contribution in [1.82, 2.24) is 0 Å². The highest BCUT2D eigenvalue weighted by Gasteiger charge is 2.18. The molecular weight excluding hydrogens is 354 g/mol. The molecule has 138 valence electrons. The highest BCUT2D eigenvalue weighted by atomic mass is 32.2. The van der Waals surface area contributed by atoms with E-state index in [9.17, 15) is 13.2 Å². The molecule has 7 heteroatoms. The highest BCUT2D eigenvalue weighted by Crippen LogP contribution is 2.25. The van der Waals surface area contributed by atoms with Crippen LogP contribution in [0.2, 0.25) is 0 Å². The molecule has 1 aliphatic carbocycles. The molecule has 0 atom stereocenters. The number of hydrogen-bond acceptors (Lipinski definition) is 5. The maximum Gasteiger partial charge on any atom is 0.337 e. The number of sulfonamides is 1. The minimum atomic E-state index is -3.76. The van der Waals surface area contributed by atoms with E-state index < -0.39 is 16.0 Å².